The molecule has 0 saturated carbocycles. The zero-order valence-electron chi connectivity index (χ0n) is 12.8. The number of pyridine rings is 1. The highest BCUT2D eigenvalue weighted by molar-refractivity contribution is 5.81. The summed E-state index contributed by atoms with van der Waals surface area (Å²) in [5.41, 5.74) is 1.94. The minimum Gasteiger partial charge on any atom is -0.466 e. The lowest BCUT2D eigenvalue weighted by molar-refractivity contribution is -0.134. The summed E-state index contributed by atoms with van der Waals surface area (Å²) >= 11 is 0. The van der Waals surface area contributed by atoms with Crippen molar-refractivity contribution >= 4 is 11.7 Å². The maximum absolute atomic E-state index is 11.3. The molecule has 22 heavy (non-hydrogen) atoms. The maximum atomic E-state index is 11.3. The third-order valence-corrected chi connectivity index (χ3v) is 3.37. The van der Waals surface area contributed by atoms with Crippen molar-refractivity contribution in [2.24, 2.45) is 5.92 Å². The Morgan fingerprint density at radius 1 is 1.18 bits per heavy atom. The number of rotatable bonds is 6. The fraction of sp³-hybridized carbons (Fsp3) is 0.222. The van der Waals surface area contributed by atoms with E-state index in [0.29, 0.717) is 0 Å². The predicted molar refractivity (Wildman–Crippen MR) is 87.4 cm³/mol. The van der Waals surface area contributed by atoms with Crippen molar-refractivity contribution in [1.82, 2.24) is 4.98 Å². The molecule has 0 fully saturated rings. The maximum Gasteiger partial charge on any atom is 0.330 e. The van der Waals surface area contributed by atoms with Crippen molar-refractivity contribution in [3.8, 4) is 0 Å². The number of para-hydroxylation sites is 1. The molecule has 1 N–H and O–H groups in total. The minimum atomic E-state index is -0.355. The van der Waals surface area contributed by atoms with Gasteiger partial charge < -0.3 is 10.1 Å². The van der Waals surface area contributed by atoms with E-state index in [0.717, 1.165) is 11.4 Å². The Kier molecular flexibility index (Phi) is 5.72. The topological polar surface area (TPSA) is 51.2 Å². The number of carbonyl (C=O) groups excluding carboxylic acids is 1. The second kappa shape index (κ2) is 7.98. The van der Waals surface area contributed by atoms with Gasteiger partial charge in [-0.25, -0.2) is 4.79 Å². The number of carbonyl (C=O) groups is 1. The molecule has 1 heterocycles. The Labute approximate surface area is 130 Å². The summed E-state index contributed by atoms with van der Waals surface area (Å²) in [7, 11) is 1.37. The van der Waals surface area contributed by atoms with Crippen LogP contribution in [0.3, 0.4) is 0 Å². The molecule has 2 rings (SSSR count). The molecule has 0 aliphatic heterocycles. The van der Waals surface area contributed by atoms with Crippen molar-refractivity contribution in [2.75, 3.05) is 12.4 Å². The van der Waals surface area contributed by atoms with Crippen LogP contribution in [0.2, 0.25) is 0 Å². The molecule has 0 aliphatic rings. The lowest BCUT2D eigenvalue weighted by Crippen LogP contribution is -2.19. The van der Waals surface area contributed by atoms with E-state index in [1.54, 1.807) is 6.20 Å². The van der Waals surface area contributed by atoms with E-state index < -0.39 is 0 Å². The first kappa shape index (κ1) is 15.8. The third-order valence-electron chi connectivity index (χ3n) is 3.37. The summed E-state index contributed by atoms with van der Waals surface area (Å²) in [5.74, 6) is -0.291. The van der Waals surface area contributed by atoms with Crippen molar-refractivity contribution in [1.29, 1.82) is 0 Å². The zero-order valence-corrected chi connectivity index (χ0v) is 12.8. The van der Waals surface area contributed by atoms with Gasteiger partial charge in [0.15, 0.2) is 0 Å². The van der Waals surface area contributed by atoms with Crippen LogP contribution in [0.4, 0.5) is 5.69 Å². The van der Waals surface area contributed by atoms with Crippen LogP contribution in [0.1, 0.15) is 18.7 Å². The van der Waals surface area contributed by atoms with Gasteiger partial charge in [-0.15, -0.1) is 0 Å². The fourth-order valence-corrected chi connectivity index (χ4v) is 2.16. The molecule has 1 aromatic carbocycles. The van der Waals surface area contributed by atoms with Gasteiger partial charge in [-0.3, -0.25) is 4.98 Å². The lowest BCUT2D eigenvalue weighted by atomic mass is 9.97. The molecule has 2 atom stereocenters. The van der Waals surface area contributed by atoms with Crippen LogP contribution in [0, 0.1) is 5.92 Å². The summed E-state index contributed by atoms with van der Waals surface area (Å²) in [6.07, 6.45) is 5.06. The van der Waals surface area contributed by atoms with E-state index in [9.17, 15) is 4.79 Å². The summed E-state index contributed by atoms with van der Waals surface area (Å²) < 4.78 is 4.64. The third kappa shape index (κ3) is 4.45. The second-order valence-electron chi connectivity index (χ2n) is 4.98. The van der Waals surface area contributed by atoms with Crippen LogP contribution >= 0.6 is 0 Å². The molecule has 4 nitrogen and oxygen atoms in total. The normalized spacial score (nSPS) is 13.5. The number of nitrogens with one attached hydrogen (secondary N) is 1. The molecule has 1 aromatic heterocycles. The highest BCUT2D eigenvalue weighted by atomic mass is 16.5. The highest BCUT2D eigenvalue weighted by Crippen LogP contribution is 2.26. The summed E-state index contributed by atoms with van der Waals surface area (Å²) in [6, 6.07) is 15.7. The lowest BCUT2D eigenvalue weighted by Gasteiger charge is -2.23. The number of anilines is 1. The van der Waals surface area contributed by atoms with Crippen molar-refractivity contribution in [3.05, 3.63) is 72.6 Å². The van der Waals surface area contributed by atoms with E-state index in [2.05, 4.69) is 15.0 Å². The summed E-state index contributed by atoms with van der Waals surface area (Å²) in [4.78, 5) is 15.7. The van der Waals surface area contributed by atoms with E-state index in [-0.39, 0.29) is 17.9 Å². The number of ether oxygens (including phenoxy) is 1. The van der Waals surface area contributed by atoms with Gasteiger partial charge in [-0.1, -0.05) is 37.3 Å². The van der Waals surface area contributed by atoms with Gasteiger partial charge in [0.1, 0.15) is 0 Å². The average molecular weight is 296 g/mol. The number of methoxy groups -OCH3 is 1. The van der Waals surface area contributed by atoms with Crippen LogP contribution in [0.15, 0.2) is 66.9 Å². The predicted octanol–water partition coefficient (Wildman–Crippen LogP) is 3.60. The van der Waals surface area contributed by atoms with E-state index >= 15 is 0 Å². The molecule has 114 valence electrons. The largest absolute Gasteiger partial charge is 0.466 e. The SMILES string of the molecule is COC(=O)/C=C/[C@H](C)[C@H](Nc1ccccc1)c1ccccn1. The van der Waals surface area contributed by atoms with Crippen LogP contribution in [0.25, 0.3) is 0 Å². The van der Waals surface area contributed by atoms with Crippen molar-refractivity contribution in [2.45, 2.75) is 13.0 Å². The van der Waals surface area contributed by atoms with Crippen molar-refractivity contribution < 1.29 is 9.53 Å². The first-order chi connectivity index (χ1) is 10.7. The smallest absolute Gasteiger partial charge is 0.330 e. The fourth-order valence-electron chi connectivity index (χ4n) is 2.16. The molecule has 0 saturated heterocycles. The van der Waals surface area contributed by atoms with Gasteiger partial charge in [0.2, 0.25) is 0 Å². The molecule has 2 aromatic rings. The molecule has 0 spiro atoms. The molecular weight excluding hydrogens is 276 g/mol. The summed E-state index contributed by atoms with van der Waals surface area (Å²) in [6.45, 7) is 2.04. The standard InChI is InChI=1S/C18H20N2O2/c1-14(11-12-17(21)22-2)18(16-10-6-7-13-19-16)20-15-8-4-3-5-9-15/h3-14,18,20H,1-2H3/b12-11+/t14-,18-/m0/s1. The Morgan fingerprint density at radius 3 is 2.55 bits per heavy atom. The van der Waals surface area contributed by atoms with Crippen LogP contribution in [0.5, 0.6) is 0 Å². The first-order valence-electron chi connectivity index (χ1n) is 7.19. The highest BCUT2D eigenvalue weighted by Gasteiger charge is 2.18. The summed E-state index contributed by atoms with van der Waals surface area (Å²) in [5, 5.41) is 3.47. The molecule has 0 bridgehead atoms. The van der Waals surface area contributed by atoms with E-state index in [1.165, 1.54) is 13.2 Å². The number of aromatic nitrogens is 1. The van der Waals surface area contributed by atoms with Crippen molar-refractivity contribution in [3.63, 3.8) is 0 Å². The van der Waals surface area contributed by atoms with Gasteiger partial charge in [-0.05, 0) is 24.3 Å². The zero-order chi connectivity index (χ0) is 15.8. The molecule has 0 amide bonds. The molecule has 0 aliphatic carbocycles. The van der Waals surface area contributed by atoms with E-state index in [1.807, 2.05) is 61.5 Å². The molecular formula is C18H20N2O2. The Bertz CT molecular complexity index is 611. The van der Waals surface area contributed by atoms with Gasteiger partial charge in [0.05, 0.1) is 18.8 Å². The van der Waals surface area contributed by atoms with Gasteiger partial charge >= 0.3 is 5.97 Å². The van der Waals surface area contributed by atoms with Crippen LogP contribution < -0.4 is 5.32 Å². The van der Waals surface area contributed by atoms with Crippen LogP contribution in [-0.4, -0.2) is 18.1 Å². The van der Waals surface area contributed by atoms with Gasteiger partial charge in [0, 0.05) is 23.9 Å². The number of hydrogen-bond acceptors (Lipinski definition) is 4. The van der Waals surface area contributed by atoms with E-state index in [4.69, 9.17) is 0 Å². The number of nitrogens with zero attached hydrogens (tertiary/aromatic N) is 1. The number of benzene rings is 1. The first-order valence-corrected chi connectivity index (χ1v) is 7.19. The minimum absolute atomic E-state index is 0.0375. The Balaban J connectivity index is 2.22. The Morgan fingerprint density at radius 2 is 1.91 bits per heavy atom. The molecule has 4 heteroatoms. The quantitative estimate of drug-likeness (QED) is 0.653. The number of hydrogen-bond donors (Lipinski definition) is 1. The Hall–Kier alpha value is -2.62. The average Bonchev–Trinajstić information content (AvgIpc) is 2.59. The second-order valence-corrected chi connectivity index (χ2v) is 4.98. The van der Waals surface area contributed by atoms with Gasteiger partial charge in [0.25, 0.3) is 0 Å². The van der Waals surface area contributed by atoms with Gasteiger partial charge in [-0.2, -0.15) is 0 Å². The monoisotopic (exact) mass is 296 g/mol. The molecule has 0 radical (unpaired) electrons. The number of esters is 1. The van der Waals surface area contributed by atoms with Crippen LogP contribution in [-0.2, 0) is 9.53 Å². The molecule has 0 unspecified atom stereocenters.